The Balaban J connectivity index is 0. The third kappa shape index (κ3) is 20.6. The molecule has 4 radical (unpaired) electrons. The van der Waals surface area contributed by atoms with Crippen molar-refractivity contribution in [3.8, 4) is 0 Å². The Morgan fingerprint density at radius 1 is 1.00 bits per heavy atom. The van der Waals surface area contributed by atoms with E-state index in [1.165, 1.54) is 0 Å². The van der Waals surface area contributed by atoms with Gasteiger partial charge in [0.2, 0.25) is 0 Å². The van der Waals surface area contributed by atoms with E-state index in [-0.39, 0.29) is 25.9 Å². The monoisotopic (exact) mass is 330 g/mol. The molecule has 0 aromatic heterocycles. The normalized spacial score (nSPS) is 13.4. The average Bonchev–Trinajstić information content (AvgIpc) is 2.28. The third-order valence-electron chi connectivity index (χ3n) is 1.47. The Labute approximate surface area is 119 Å². The van der Waals surface area contributed by atoms with Crippen LogP contribution >= 0.6 is 15.2 Å². The predicted molar refractivity (Wildman–Crippen MR) is 72.9 cm³/mol. The molecule has 0 aliphatic rings. The molecule has 0 aromatic rings. The summed E-state index contributed by atoms with van der Waals surface area (Å²) in [5.41, 5.74) is 0. The fourth-order valence-electron chi connectivity index (χ4n) is 0.665. The van der Waals surface area contributed by atoms with E-state index in [2.05, 4.69) is 9.47 Å². The molecule has 20 heavy (non-hydrogen) atoms. The lowest BCUT2D eigenvalue weighted by atomic mass is 10.0. The zero-order chi connectivity index (χ0) is 16.2. The predicted octanol–water partition coefficient (Wildman–Crippen LogP) is -1.19. The van der Waals surface area contributed by atoms with Crippen molar-refractivity contribution in [2.24, 2.45) is 0 Å². The summed E-state index contributed by atoms with van der Waals surface area (Å²) >= 11 is 0. The van der Waals surface area contributed by atoms with Crippen molar-refractivity contribution >= 4 is 30.9 Å². The van der Waals surface area contributed by atoms with Gasteiger partial charge in [0.05, 0.1) is 28.4 Å². The van der Waals surface area contributed by atoms with Gasteiger partial charge < -0.3 is 34.2 Å². The Hall–Kier alpha value is 0.310. The minimum Gasteiger partial charge on any atom is -0.394 e. The molecule has 0 spiro atoms. The van der Waals surface area contributed by atoms with Crippen LogP contribution in [0.25, 0.3) is 0 Å². The van der Waals surface area contributed by atoms with Crippen LogP contribution in [0.15, 0.2) is 0 Å². The third-order valence-corrected chi connectivity index (χ3v) is 2.47. The molecule has 0 rings (SSSR count). The summed E-state index contributed by atoms with van der Waals surface area (Å²) in [4.78, 5) is 33.0. The second kappa shape index (κ2) is 11.9. The van der Waals surface area contributed by atoms with Crippen LogP contribution in [0, 0.1) is 0 Å². The van der Waals surface area contributed by atoms with Gasteiger partial charge in [-0.05, 0) is 0 Å². The number of hydrogen-bond donors (Lipinski definition) is 5. The van der Waals surface area contributed by atoms with E-state index in [4.69, 9.17) is 40.4 Å². The van der Waals surface area contributed by atoms with Gasteiger partial charge >= 0.3 is 15.2 Å². The highest BCUT2D eigenvalue weighted by Gasteiger charge is 2.15. The maximum absolute atomic E-state index is 10.2. The second-order valence-corrected chi connectivity index (χ2v) is 6.67. The van der Waals surface area contributed by atoms with E-state index < -0.39 is 34.0 Å². The van der Waals surface area contributed by atoms with Gasteiger partial charge in [-0.25, -0.2) is 0 Å². The van der Waals surface area contributed by atoms with Crippen molar-refractivity contribution in [3.05, 3.63) is 0 Å². The van der Waals surface area contributed by atoms with Gasteiger partial charge in [0.15, 0.2) is 0 Å². The molecule has 0 heterocycles. The van der Waals surface area contributed by atoms with Crippen molar-refractivity contribution in [1.29, 1.82) is 0 Å². The molecule has 0 aromatic carbocycles. The van der Waals surface area contributed by atoms with E-state index in [1.807, 2.05) is 0 Å². The second-order valence-electron chi connectivity index (χ2n) is 3.49. The summed E-state index contributed by atoms with van der Waals surface area (Å²) in [6.07, 6.45) is -1.61. The first-order valence-electron chi connectivity index (χ1n) is 5.35. The van der Waals surface area contributed by atoms with Crippen LogP contribution in [0.1, 0.15) is 0 Å². The van der Waals surface area contributed by atoms with Crippen molar-refractivity contribution in [2.75, 3.05) is 25.9 Å². The van der Waals surface area contributed by atoms with E-state index in [0.29, 0.717) is 0 Å². The van der Waals surface area contributed by atoms with Gasteiger partial charge in [0.25, 0.3) is 0 Å². The van der Waals surface area contributed by atoms with E-state index in [9.17, 15) is 9.13 Å². The fraction of sp³-hybridized carbons (Fsp3) is 1.00. The Kier molecular flexibility index (Phi) is 13.5. The highest BCUT2D eigenvalue weighted by Crippen LogP contribution is 2.34. The van der Waals surface area contributed by atoms with Gasteiger partial charge in [0, 0.05) is 6.61 Å². The van der Waals surface area contributed by atoms with Crippen molar-refractivity contribution in [1.82, 2.24) is 0 Å². The van der Waals surface area contributed by atoms with Gasteiger partial charge in [-0.15, -0.1) is 0 Å². The van der Waals surface area contributed by atoms with Crippen molar-refractivity contribution < 1.29 is 43.3 Å². The fourth-order valence-corrected chi connectivity index (χ4v) is 1.44. The molecule has 13 heteroatoms. The van der Waals surface area contributed by atoms with Crippen LogP contribution in [0.3, 0.4) is 0 Å². The molecule has 1 unspecified atom stereocenters. The summed E-state index contributed by atoms with van der Waals surface area (Å²) in [5, 5.41) is 8.46. The largest absolute Gasteiger partial charge is 0.394 e. The maximum atomic E-state index is 10.2. The van der Waals surface area contributed by atoms with Crippen molar-refractivity contribution in [2.45, 2.75) is 18.7 Å². The number of aliphatic hydroxyl groups excluding tert-OH is 1. The van der Waals surface area contributed by atoms with Gasteiger partial charge in [-0.2, -0.15) is 0 Å². The molecule has 0 saturated carbocycles. The van der Waals surface area contributed by atoms with Gasteiger partial charge in [-0.1, -0.05) is 12.6 Å². The summed E-state index contributed by atoms with van der Waals surface area (Å²) in [7, 11) is 1.95. The summed E-state index contributed by atoms with van der Waals surface area (Å²) in [6, 6.07) is 0. The van der Waals surface area contributed by atoms with Crippen LogP contribution in [0.2, 0.25) is 12.6 Å². The molecule has 0 saturated heterocycles. The van der Waals surface area contributed by atoms with E-state index in [0.717, 1.165) is 0 Å². The Morgan fingerprint density at radius 3 is 1.80 bits per heavy atom. The molecule has 116 valence electrons. The lowest BCUT2D eigenvalue weighted by Gasteiger charge is -2.13. The molecule has 9 nitrogen and oxygen atoms in total. The molecule has 0 aliphatic carbocycles. The van der Waals surface area contributed by atoms with Crippen LogP contribution in [0.5, 0.6) is 0 Å². The molecular weight excluding hydrogens is 312 g/mol. The molecule has 5 N–H and O–H groups in total. The average molecular weight is 330 g/mol. The summed E-state index contributed by atoms with van der Waals surface area (Å²) in [6.45, 7) is -0.151. The quantitative estimate of drug-likeness (QED) is 0.199. The van der Waals surface area contributed by atoms with Crippen LogP contribution in [0.4, 0.5) is 0 Å². The standard InChI is InChI=1S/C4H10BO5P.C3H8BO4P/c5-1-4(2-6)10-3-11(7,8)9;4-1-2-8-3-9(5,6)7/h4,6H,1-3H2,(H2,7,8,9);1-3H2,(H2,5,6,7). The molecule has 0 amide bonds. The van der Waals surface area contributed by atoms with Gasteiger partial charge in [0.1, 0.15) is 12.7 Å². The molecular formula is C7H18B2O9P2. The molecule has 0 fully saturated rings. The van der Waals surface area contributed by atoms with Crippen LogP contribution < -0.4 is 0 Å². The zero-order valence-electron chi connectivity index (χ0n) is 10.7. The minimum absolute atomic E-state index is 0.0382. The first-order chi connectivity index (χ1) is 9.05. The summed E-state index contributed by atoms with van der Waals surface area (Å²) < 4.78 is 29.3. The maximum Gasteiger partial charge on any atom is 0.350 e. The molecule has 0 aliphatic heterocycles. The first kappa shape index (κ1) is 22.6. The smallest absolute Gasteiger partial charge is 0.350 e. The zero-order valence-corrected chi connectivity index (χ0v) is 12.5. The van der Waals surface area contributed by atoms with E-state index >= 15 is 0 Å². The lowest BCUT2D eigenvalue weighted by Crippen LogP contribution is -2.17. The van der Waals surface area contributed by atoms with Crippen LogP contribution in [-0.2, 0) is 18.6 Å². The topological polar surface area (TPSA) is 154 Å². The minimum atomic E-state index is -4.13. The highest BCUT2D eigenvalue weighted by atomic mass is 31.2. The van der Waals surface area contributed by atoms with E-state index in [1.54, 1.807) is 0 Å². The number of hydrogen-bond acceptors (Lipinski definition) is 5. The number of rotatable bonds is 9. The van der Waals surface area contributed by atoms with Crippen LogP contribution in [-0.4, -0.2) is 72.4 Å². The van der Waals surface area contributed by atoms with Crippen molar-refractivity contribution in [3.63, 3.8) is 0 Å². The highest BCUT2D eigenvalue weighted by molar-refractivity contribution is 7.51. The lowest BCUT2D eigenvalue weighted by molar-refractivity contribution is 0.0432. The first-order valence-corrected chi connectivity index (χ1v) is 8.94. The van der Waals surface area contributed by atoms with Gasteiger partial charge in [-0.3, -0.25) is 9.13 Å². The molecule has 1 atom stereocenters. The number of aliphatic hydroxyl groups is 1. The SMILES string of the molecule is [B]CC(CO)OCP(=O)(O)O.[B]CCOCP(=O)(O)O. The summed E-state index contributed by atoms with van der Waals surface area (Å²) in [5.74, 6) is 0. The Morgan fingerprint density at radius 2 is 1.50 bits per heavy atom. The Bertz CT molecular complexity index is 313. The number of ether oxygens (including phenoxy) is 2. The molecule has 0 bridgehead atoms.